The second-order valence-electron chi connectivity index (χ2n) is 6.84. The molecule has 1 aromatic carbocycles. The number of aryl methyl sites for hydroxylation is 1. The van der Waals surface area contributed by atoms with Gasteiger partial charge in [0.25, 0.3) is 5.91 Å². The van der Waals surface area contributed by atoms with E-state index in [2.05, 4.69) is 5.48 Å². The third-order valence-electron chi connectivity index (χ3n) is 4.81. The molecule has 2 aliphatic heterocycles. The fourth-order valence-electron chi connectivity index (χ4n) is 3.27. The van der Waals surface area contributed by atoms with Gasteiger partial charge in [0.2, 0.25) is 5.91 Å². The van der Waals surface area contributed by atoms with Crippen molar-refractivity contribution in [2.75, 3.05) is 19.7 Å². The number of nitrogens with one attached hydrogen (secondary N) is 1. The Bertz CT molecular complexity index is 596. The Balaban J connectivity index is 1.52. The van der Waals surface area contributed by atoms with E-state index in [1.165, 1.54) is 0 Å². The van der Waals surface area contributed by atoms with E-state index >= 15 is 0 Å². The van der Waals surface area contributed by atoms with Gasteiger partial charge in [0, 0.05) is 31.7 Å². The third kappa shape index (κ3) is 4.80. The first-order valence-corrected chi connectivity index (χ1v) is 9.06. The quantitative estimate of drug-likeness (QED) is 0.850. The van der Waals surface area contributed by atoms with E-state index in [0.717, 1.165) is 37.7 Å². The maximum Gasteiger partial charge on any atom is 0.253 e. The highest BCUT2D eigenvalue weighted by Gasteiger charge is 2.29. The highest BCUT2D eigenvalue weighted by molar-refractivity contribution is 5.94. The highest BCUT2D eigenvalue weighted by atomic mass is 16.8. The van der Waals surface area contributed by atoms with E-state index in [9.17, 15) is 9.59 Å². The van der Waals surface area contributed by atoms with Crippen LogP contribution in [0.15, 0.2) is 24.3 Å². The number of benzene rings is 1. The average molecular weight is 346 g/mol. The number of hydrogen-bond acceptors (Lipinski definition) is 4. The maximum absolute atomic E-state index is 12.6. The number of amides is 2. The van der Waals surface area contributed by atoms with Gasteiger partial charge in [-0.15, -0.1) is 0 Å². The van der Waals surface area contributed by atoms with Crippen molar-refractivity contribution in [2.45, 2.75) is 45.3 Å². The second kappa shape index (κ2) is 8.45. The molecule has 0 spiro atoms. The van der Waals surface area contributed by atoms with Crippen LogP contribution in [-0.2, 0) is 14.4 Å². The van der Waals surface area contributed by atoms with Crippen molar-refractivity contribution in [2.24, 2.45) is 5.92 Å². The Morgan fingerprint density at radius 1 is 1.16 bits per heavy atom. The summed E-state index contributed by atoms with van der Waals surface area (Å²) in [7, 11) is 0. The van der Waals surface area contributed by atoms with Gasteiger partial charge in [0.1, 0.15) is 0 Å². The molecule has 2 saturated heterocycles. The summed E-state index contributed by atoms with van der Waals surface area (Å²) < 4.78 is 5.44. The van der Waals surface area contributed by atoms with Crippen LogP contribution in [0.2, 0.25) is 0 Å². The molecule has 6 nitrogen and oxygen atoms in total. The summed E-state index contributed by atoms with van der Waals surface area (Å²) >= 11 is 0. The monoisotopic (exact) mass is 346 g/mol. The number of carbonyl (C=O) groups is 2. The molecule has 2 fully saturated rings. The molecular weight excluding hydrogens is 320 g/mol. The molecule has 2 aliphatic rings. The summed E-state index contributed by atoms with van der Waals surface area (Å²) in [5.74, 6) is -0.434. The number of hydroxylamine groups is 1. The molecule has 2 atom stereocenters. The van der Waals surface area contributed by atoms with Crippen LogP contribution in [0.25, 0.3) is 0 Å². The molecule has 136 valence electrons. The average Bonchev–Trinajstić information content (AvgIpc) is 2.67. The van der Waals surface area contributed by atoms with Crippen LogP contribution in [0.1, 0.15) is 48.0 Å². The lowest BCUT2D eigenvalue weighted by atomic mass is 9.96. The topological polar surface area (TPSA) is 67.9 Å². The maximum atomic E-state index is 12.6. The molecule has 0 bridgehead atoms. The molecular formula is C19H26N2O4. The predicted molar refractivity (Wildman–Crippen MR) is 92.6 cm³/mol. The van der Waals surface area contributed by atoms with E-state index < -0.39 is 0 Å². The van der Waals surface area contributed by atoms with Gasteiger partial charge in [0.05, 0.1) is 5.92 Å². The molecule has 0 unspecified atom stereocenters. The van der Waals surface area contributed by atoms with Crippen LogP contribution in [0.5, 0.6) is 0 Å². The number of piperidine rings is 1. The minimum Gasteiger partial charge on any atom is -0.350 e. The Hall–Kier alpha value is -1.92. The van der Waals surface area contributed by atoms with E-state index in [1.54, 1.807) is 4.90 Å². The van der Waals surface area contributed by atoms with Gasteiger partial charge in [-0.05, 0) is 44.7 Å². The number of carbonyl (C=O) groups excluding carboxylic acids is 2. The summed E-state index contributed by atoms with van der Waals surface area (Å²) in [5.41, 5.74) is 4.31. The summed E-state index contributed by atoms with van der Waals surface area (Å²) in [6, 6.07) is 7.54. The summed E-state index contributed by atoms with van der Waals surface area (Å²) in [4.78, 5) is 32.1. The second-order valence-corrected chi connectivity index (χ2v) is 6.84. The lowest BCUT2D eigenvalue weighted by molar-refractivity contribution is -0.202. The van der Waals surface area contributed by atoms with Crippen molar-refractivity contribution in [3.8, 4) is 0 Å². The van der Waals surface area contributed by atoms with Gasteiger partial charge >= 0.3 is 0 Å². The van der Waals surface area contributed by atoms with E-state index in [4.69, 9.17) is 9.57 Å². The van der Waals surface area contributed by atoms with Crippen LogP contribution in [0.3, 0.4) is 0 Å². The molecule has 0 aromatic heterocycles. The lowest BCUT2D eigenvalue weighted by Gasteiger charge is -2.32. The molecule has 0 aliphatic carbocycles. The third-order valence-corrected chi connectivity index (χ3v) is 4.81. The van der Waals surface area contributed by atoms with E-state index in [1.807, 2.05) is 31.2 Å². The zero-order chi connectivity index (χ0) is 17.6. The minimum absolute atomic E-state index is 0.0194. The van der Waals surface area contributed by atoms with E-state index in [0.29, 0.717) is 25.3 Å². The number of ether oxygens (including phenoxy) is 1. The largest absolute Gasteiger partial charge is 0.350 e. The molecule has 1 aromatic rings. The van der Waals surface area contributed by atoms with Gasteiger partial charge in [-0.3, -0.25) is 9.59 Å². The Morgan fingerprint density at radius 3 is 2.68 bits per heavy atom. The molecule has 2 amide bonds. The summed E-state index contributed by atoms with van der Waals surface area (Å²) in [6.07, 6.45) is 4.10. The van der Waals surface area contributed by atoms with Crippen molar-refractivity contribution in [3.63, 3.8) is 0 Å². The van der Waals surface area contributed by atoms with Crippen molar-refractivity contribution in [1.29, 1.82) is 0 Å². The molecule has 25 heavy (non-hydrogen) atoms. The molecule has 1 N–H and O–H groups in total. The standard InChI is InChI=1S/C19H26N2O4/c1-14-7-9-15(10-8-14)19(23)21-11-4-5-16(13-21)18(22)20-25-17-6-2-3-12-24-17/h7-10,16-17H,2-6,11-13H2,1H3,(H,20,22)/t16-,17+/m1/s1. The van der Waals surface area contributed by atoms with Gasteiger partial charge in [-0.25, -0.2) is 10.3 Å². The van der Waals surface area contributed by atoms with Gasteiger partial charge in [-0.2, -0.15) is 0 Å². The summed E-state index contributed by atoms with van der Waals surface area (Å²) in [5, 5.41) is 0. The van der Waals surface area contributed by atoms with Gasteiger partial charge < -0.3 is 9.64 Å². The first kappa shape index (κ1) is 17.9. The zero-order valence-electron chi connectivity index (χ0n) is 14.7. The SMILES string of the molecule is Cc1ccc(C(=O)N2CCC[C@@H](C(=O)NO[C@H]3CCCCO3)C2)cc1. The first-order valence-electron chi connectivity index (χ1n) is 9.06. The lowest BCUT2D eigenvalue weighted by Crippen LogP contribution is -2.46. The first-order chi connectivity index (χ1) is 12.1. The molecule has 0 saturated carbocycles. The summed E-state index contributed by atoms with van der Waals surface area (Å²) in [6.45, 7) is 3.77. The Kier molecular flexibility index (Phi) is 6.04. The zero-order valence-corrected chi connectivity index (χ0v) is 14.7. The highest BCUT2D eigenvalue weighted by Crippen LogP contribution is 2.20. The molecule has 0 radical (unpaired) electrons. The predicted octanol–water partition coefficient (Wildman–Crippen LogP) is 2.42. The number of likely N-dealkylation sites (tertiary alicyclic amines) is 1. The molecule has 6 heteroatoms. The van der Waals surface area contributed by atoms with Gasteiger partial charge in [-0.1, -0.05) is 17.7 Å². The Morgan fingerprint density at radius 2 is 1.96 bits per heavy atom. The van der Waals surface area contributed by atoms with Crippen molar-refractivity contribution in [3.05, 3.63) is 35.4 Å². The van der Waals surface area contributed by atoms with Crippen LogP contribution in [0, 0.1) is 12.8 Å². The number of nitrogens with zero attached hydrogens (tertiary/aromatic N) is 1. The van der Waals surface area contributed by atoms with Crippen LogP contribution < -0.4 is 5.48 Å². The fraction of sp³-hybridized carbons (Fsp3) is 0.579. The van der Waals surface area contributed by atoms with Crippen molar-refractivity contribution >= 4 is 11.8 Å². The van der Waals surface area contributed by atoms with Gasteiger partial charge in [0.15, 0.2) is 6.29 Å². The number of rotatable bonds is 4. The molecule has 2 heterocycles. The smallest absolute Gasteiger partial charge is 0.253 e. The molecule has 3 rings (SSSR count). The number of hydrogen-bond donors (Lipinski definition) is 1. The van der Waals surface area contributed by atoms with Crippen LogP contribution >= 0.6 is 0 Å². The van der Waals surface area contributed by atoms with Crippen molar-refractivity contribution in [1.82, 2.24) is 10.4 Å². The fourth-order valence-corrected chi connectivity index (χ4v) is 3.27. The normalized spacial score (nSPS) is 24.0. The van der Waals surface area contributed by atoms with Crippen molar-refractivity contribution < 1.29 is 19.2 Å². The van der Waals surface area contributed by atoms with Crippen LogP contribution in [0.4, 0.5) is 0 Å². The minimum atomic E-state index is -0.355. The Labute approximate surface area is 148 Å². The van der Waals surface area contributed by atoms with E-state index in [-0.39, 0.29) is 24.0 Å². The van der Waals surface area contributed by atoms with Crippen LogP contribution in [-0.4, -0.2) is 42.7 Å².